The highest BCUT2D eigenvalue weighted by molar-refractivity contribution is 5.81. The molecule has 1 aliphatic rings. The smallest absolute Gasteiger partial charge is 0.149 e. The van der Waals surface area contributed by atoms with E-state index in [1.807, 2.05) is 12.1 Å². The van der Waals surface area contributed by atoms with Gasteiger partial charge in [-0.05, 0) is 24.6 Å². The van der Waals surface area contributed by atoms with Gasteiger partial charge in [0.2, 0.25) is 0 Å². The Bertz CT molecular complexity index is 376. The summed E-state index contributed by atoms with van der Waals surface area (Å²) < 4.78 is 5.67. The molecule has 0 spiro atoms. The van der Waals surface area contributed by atoms with Crippen molar-refractivity contribution in [3.8, 4) is 0 Å². The van der Waals surface area contributed by atoms with Crippen LogP contribution in [0.1, 0.15) is 23.7 Å². The molecule has 3 heteroatoms. The van der Waals surface area contributed by atoms with Crippen LogP contribution < -0.4 is 5.32 Å². The third kappa shape index (κ3) is 2.49. The van der Waals surface area contributed by atoms with Gasteiger partial charge in [0, 0.05) is 6.42 Å². The molecule has 1 aliphatic heterocycles. The number of hydrogen-bond donors (Lipinski definition) is 1. The summed E-state index contributed by atoms with van der Waals surface area (Å²) in [6.45, 7) is 1.14. The van der Waals surface area contributed by atoms with E-state index in [1.54, 1.807) is 7.05 Å². The standard InChI is InChI=1S/C13H17NO2/c1-14-9-11(15)8-13-12-5-3-2-4-10(12)6-7-16-13/h2-5,13-14H,6-9H2,1H3. The Morgan fingerprint density at radius 3 is 3.12 bits per heavy atom. The van der Waals surface area contributed by atoms with Crippen molar-refractivity contribution < 1.29 is 9.53 Å². The summed E-state index contributed by atoms with van der Waals surface area (Å²) in [7, 11) is 1.79. The fourth-order valence-electron chi connectivity index (χ4n) is 2.12. The molecule has 86 valence electrons. The predicted molar refractivity (Wildman–Crippen MR) is 62.4 cm³/mol. The van der Waals surface area contributed by atoms with E-state index < -0.39 is 0 Å². The molecule has 1 aromatic rings. The largest absolute Gasteiger partial charge is 0.373 e. The maximum Gasteiger partial charge on any atom is 0.149 e. The van der Waals surface area contributed by atoms with Gasteiger partial charge >= 0.3 is 0 Å². The molecule has 1 N–H and O–H groups in total. The Labute approximate surface area is 95.8 Å². The van der Waals surface area contributed by atoms with Crippen molar-refractivity contribution in [2.24, 2.45) is 0 Å². The average molecular weight is 219 g/mol. The quantitative estimate of drug-likeness (QED) is 0.833. The third-order valence-electron chi connectivity index (χ3n) is 2.88. The van der Waals surface area contributed by atoms with Gasteiger partial charge in [0.1, 0.15) is 5.78 Å². The summed E-state index contributed by atoms with van der Waals surface area (Å²) in [4.78, 5) is 11.6. The Morgan fingerprint density at radius 2 is 2.31 bits per heavy atom. The first kappa shape index (κ1) is 11.3. The molecule has 16 heavy (non-hydrogen) atoms. The molecule has 1 heterocycles. The first-order valence-corrected chi connectivity index (χ1v) is 5.67. The SMILES string of the molecule is CNCC(=O)CC1OCCc2ccccc21. The molecular weight excluding hydrogens is 202 g/mol. The first-order chi connectivity index (χ1) is 7.81. The van der Waals surface area contributed by atoms with Gasteiger partial charge in [0.15, 0.2) is 0 Å². The van der Waals surface area contributed by atoms with Crippen LogP contribution in [0.25, 0.3) is 0 Å². The van der Waals surface area contributed by atoms with E-state index in [-0.39, 0.29) is 11.9 Å². The zero-order valence-electron chi connectivity index (χ0n) is 9.53. The van der Waals surface area contributed by atoms with E-state index in [0.29, 0.717) is 19.6 Å². The lowest BCUT2D eigenvalue weighted by Crippen LogP contribution is -2.24. The average Bonchev–Trinajstić information content (AvgIpc) is 2.30. The zero-order valence-corrected chi connectivity index (χ0v) is 9.53. The maximum absolute atomic E-state index is 11.6. The van der Waals surface area contributed by atoms with Crippen molar-refractivity contribution >= 4 is 5.78 Å². The van der Waals surface area contributed by atoms with E-state index in [4.69, 9.17) is 4.74 Å². The minimum Gasteiger partial charge on any atom is -0.373 e. The van der Waals surface area contributed by atoms with Crippen LogP contribution in [-0.2, 0) is 16.0 Å². The van der Waals surface area contributed by atoms with Crippen LogP contribution in [0, 0.1) is 0 Å². The number of ether oxygens (including phenoxy) is 1. The van der Waals surface area contributed by atoms with Crippen molar-refractivity contribution in [2.45, 2.75) is 18.9 Å². The summed E-state index contributed by atoms with van der Waals surface area (Å²) in [5, 5.41) is 2.88. The van der Waals surface area contributed by atoms with E-state index in [1.165, 1.54) is 11.1 Å². The lowest BCUT2D eigenvalue weighted by molar-refractivity contribution is -0.121. The highest BCUT2D eigenvalue weighted by atomic mass is 16.5. The van der Waals surface area contributed by atoms with Gasteiger partial charge in [-0.25, -0.2) is 0 Å². The van der Waals surface area contributed by atoms with Crippen LogP contribution in [0.3, 0.4) is 0 Å². The number of ketones is 1. The van der Waals surface area contributed by atoms with Gasteiger partial charge in [0.25, 0.3) is 0 Å². The van der Waals surface area contributed by atoms with Gasteiger partial charge in [-0.1, -0.05) is 24.3 Å². The lowest BCUT2D eigenvalue weighted by Gasteiger charge is -2.25. The minimum absolute atomic E-state index is 0.0502. The highest BCUT2D eigenvalue weighted by Crippen LogP contribution is 2.29. The molecule has 2 rings (SSSR count). The Morgan fingerprint density at radius 1 is 1.50 bits per heavy atom. The number of carbonyl (C=O) groups excluding carboxylic acids is 1. The maximum atomic E-state index is 11.6. The van der Waals surface area contributed by atoms with Crippen molar-refractivity contribution in [1.29, 1.82) is 0 Å². The molecule has 0 amide bonds. The molecule has 1 unspecified atom stereocenters. The number of nitrogens with one attached hydrogen (secondary N) is 1. The van der Waals surface area contributed by atoms with Gasteiger partial charge < -0.3 is 10.1 Å². The number of Topliss-reactive ketones (excluding diaryl/α,β-unsaturated/α-hetero) is 1. The van der Waals surface area contributed by atoms with E-state index in [9.17, 15) is 4.79 Å². The molecule has 1 aromatic carbocycles. The molecule has 0 saturated carbocycles. The molecule has 1 atom stereocenters. The molecule has 0 aromatic heterocycles. The van der Waals surface area contributed by atoms with Crippen molar-refractivity contribution in [3.63, 3.8) is 0 Å². The number of likely N-dealkylation sites (N-methyl/N-ethyl adjacent to an activating group) is 1. The van der Waals surface area contributed by atoms with E-state index >= 15 is 0 Å². The summed E-state index contributed by atoms with van der Waals surface area (Å²) in [6, 6.07) is 8.22. The first-order valence-electron chi connectivity index (χ1n) is 5.67. The van der Waals surface area contributed by atoms with Crippen LogP contribution in [0.2, 0.25) is 0 Å². The molecule has 0 saturated heterocycles. The monoisotopic (exact) mass is 219 g/mol. The number of carbonyl (C=O) groups is 1. The normalized spacial score (nSPS) is 19.2. The van der Waals surface area contributed by atoms with Crippen molar-refractivity contribution in [2.75, 3.05) is 20.2 Å². The molecule has 0 radical (unpaired) electrons. The van der Waals surface area contributed by atoms with Crippen molar-refractivity contribution in [1.82, 2.24) is 5.32 Å². The third-order valence-corrected chi connectivity index (χ3v) is 2.88. The van der Waals surface area contributed by atoms with Crippen LogP contribution in [-0.4, -0.2) is 26.0 Å². The van der Waals surface area contributed by atoms with Gasteiger partial charge in [-0.2, -0.15) is 0 Å². The van der Waals surface area contributed by atoms with Crippen LogP contribution in [0.4, 0.5) is 0 Å². The summed E-state index contributed by atoms with van der Waals surface area (Å²) >= 11 is 0. The summed E-state index contributed by atoms with van der Waals surface area (Å²) in [5.74, 6) is 0.198. The molecular formula is C13H17NO2. The zero-order chi connectivity index (χ0) is 11.4. The molecule has 0 aliphatic carbocycles. The Balaban J connectivity index is 2.10. The fraction of sp³-hybridized carbons (Fsp3) is 0.462. The number of fused-ring (bicyclic) bond motifs is 1. The number of hydrogen-bond acceptors (Lipinski definition) is 3. The van der Waals surface area contributed by atoms with E-state index in [2.05, 4.69) is 17.4 Å². The summed E-state index contributed by atoms with van der Waals surface area (Å²) in [5.41, 5.74) is 2.49. The van der Waals surface area contributed by atoms with E-state index in [0.717, 1.165) is 6.42 Å². The summed E-state index contributed by atoms with van der Waals surface area (Å²) in [6.07, 6.45) is 1.37. The molecule has 3 nitrogen and oxygen atoms in total. The van der Waals surface area contributed by atoms with Crippen LogP contribution in [0.15, 0.2) is 24.3 Å². The number of benzene rings is 1. The van der Waals surface area contributed by atoms with Crippen molar-refractivity contribution in [3.05, 3.63) is 35.4 Å². The topological polar surface area (TPSA) is 38.3 Å². The molecule has 0 fully saturated rings. The fourth-order valence-corrected chi connectivity index (χ4v) is 2.12. The second-order valence-electron chi connectivity index (χ2n) is 4.08. The second kappa shape index (κ2) is 5.23. The van der Waals surface area contributed by atoms with Crippen LogP contribution in [0.5, 0.6) is 0 Å². The Hall–Kier alpha value is -1.19. The van der Waals surface area contributed by atoms with Gasteiger partial charge in [0.05, 0.1) is 19.3 Å². The lowest BCUT2D eigenvalue weighted by atomic mass is 9.95. The highest BCUT2D eigenvalue weighted by Gasteiger charge is 2.22. The number of rotatable bonds is 4. The minimum atomic E-state index is -0.0502. The molecule has 0 bridgehead atoms. The van der Waals surface area contributed by atoms with Gasteiger partial charge in [-0.3, -0.25) is 4.79 Å². The van der Waals surface area contributed by atoms with Crippen LogP contribution >= 0.6 is 0 Å². The predicted octanol–water partition coefficient (Wildman–Crippen LogP) is 1.48. The Kier molecular flexibility index (Phi) is 3.70. The van der Waals surface area contributed by atoms with Gasteiger partial charge in [-0.15, -0.1) is 0 Å². The second-order valence-corrected chi connectivity index (χ2v) is 4.08.